The van der Waals surface area contributed by atoms with Crippen LogP contribution in [0.1, 0.15) is 5.56 Å². The van der Waals surface area contributed by atoms with Crippen molar-refractivity contribution in [2.45, 2.75) is 6.16 Å². The molecule has 0 saturated carbocycles. The average Bonchev–Trinajstić information content (AvgIpc) is 1.89. The van der Waals surface area contributed by atoms with Crippen molar-refractivity contribution in [2.75, 3.05) is 0 Å². The molecule has 0 aliphatic carbocycles. The number of nitrogens with zero attached hydrogens (tertiary/aromatic N) is 1. The molecule has 0 fully saturated rings. The van der Waals surface area contributed by atoms with E-state index in [2.05, 4.69) is 14.2 Å². The molecule has 0 N–H and O–H groups in total. The molecular formula is C6H7FNP. The molecule has 9 heavy (non-hydrogen) atoms. The van der Waals surface area contributed by atoms with Crippen molar-refractivity contribution >= 4 is 9.24 Å². The minimum Gasteiger partial charge on any atom is -0.228 e. The highest BCUT2D eigenvalue weighted by molar-refractivity contribution is 7.15. The fourth-order valence-electron chi connectivity index (χ4n) is 0.572. The van der Waals surface area contributed by atoms with Gasteiger partial charge in [-0.25, -0.2) is 4.98 Å². The zero-order valence-electron chi connectivity index (χ0n) is 4.84. The second kappa shape index (κ2) is 2.88. The minimum absolute atomic E-state index is 0.368. The van der Waals surface area contributed by atoms with E-state index in [1.54, 1.807) is 12.1 Å². The molecule has 0 saturated heterocycles. The Hall–Kier alpha value is -0.490. The molecule has 1 rings (SSSR count). The number of rotatable bonds is 1. The summed E-state index contributed by atoms with van der Waals surface area (Å²) in [7, 11) is 2.45. The van der Waals surface area contributed by atoms with Crippen LogP contribution in [0.2, 0.25) is 0 Å². The molecule has 1 nitrogen and oxygen atoms in total. The highest BCUT2D eigenvalue weighted by Crippen LogP contribution is 2.06. The largest absolute Gasteiger partial charge is 0.228 e. The first kappa shape index (κ1) is 6.63. The van der Waals surface area contributed by atoms with E-state index in [9.17, 15) is 4.39 Å². The molecule has 1 unspecified atom stereocenters. The Morgan fingerprint density at radius 3 is 2.89 bits per heavy atom. The number of hydrogen-bond acceptors (Lipinski definition) is 1. The van der Waals surface area contributed by atoms with Crippen molar-refractivity contribution in [2.24, 2.45) is 0 Å². The van der Waals surface area contributed by atoms with Crippen LogP contribution >= 0.6 is 9.24 Å². The van der Waals surface area contributed by atoms with Crippen LogP contribution in [0.15, 0.2) is 18.3 Å². The van der Waals surface area contributed by atoms with Gasteiger partial charge in [0.1, 0.15) is 0 Å². The zero-order valence-corrected chi connectivity index (χ0v) is 6.00. The first-order valence-electron chi connectivity index (χ1n) is 2.64. The van der Waals surface area contributed by atoms with Gasteiger partial charge in [-0.1, -0.05) is 6.07 Å². The summed E-state index contributed by atoms with van der Waals surface area (Å²) in [6.45, 7) is 0. The Labute approximate surface area is 55.5 Å². The summed E-state index contributed by atoms with van der Waals surface area (Å²) >= 11 is 0. The van der Waals surface area contributed by atoms with E-state index in [1.807, 2.05) is 0 Å². The summed E-state index contributed by atoms with van der Waals surface area (Å²) in [5.74, 6) is -0.368. The maximum atomic E-state index is 12.5. The molecule has 0 bridgehead atoms. The summed E-state index contributed by atoms with van der Waals surface area (Å²) in [6, 6.07) is 3.44. The van der Waals surface area contributed by atoms with E-state index in [1.165, 1.54) is 6.20 Å². The van der Waals surface area contributed by atoms with Gasteiger partial charge in [-0.05, 0) is 12.2 Å². The summed E-state index contributed by atoms with van der Waals surface area (Å²) in [6.07, 6.45) is 2.07. The van der Waals surface area contributed by atoms with Crippen LogP contribution in [0.3, 0.4) is 0 Å². The number of aromatic nitrogens is 1. The van der Waals surface area contributed by atoms with Crippen molar-refractivity contribution in [1.82, 2.24) is 4.98 Å². The van der Waals surface area contributed by atoms with Gasteiger partial charge in [0.05, 0.1) is 0 Å². The Balaban J connectivity index is 3.01. The number of hydrogen-bond donors (Lipinski definition) is 0. The van der Waals surface area contributed by atoms with Gasteiger partial charge in [-0.2, -0.15) is 4.39 Å². The molecule has 3 heteroatoms. The van der Waals surface area contributed by atoms with Crippen molar-refractivity contribution in [3.8, 4) is 0 Å². The molecule has 0 aliphatic rings. The van der Waals surface area contributed by atoms with Crippen LogP contribution in [-0.2, 0) is 6.16 Å². The van der Waals surface area contributed by atoms with E-state index >= 15 is 0 Å². The van der Waals surface area contributed by atoms with Gasteiger partial charge in [-0.15, -0.1) is 9.24 Å². The molecule has 0 aliphatic heterocycles. The third-order valence-electron chi connectivity index (χ3n) is 1.06. The molecule has 1 aromatic rings. The topological polar surface area (TPSA) is 12.9 Å². The smallest absolute Gasteiger partial charge is 0.216 e. The van der Waals surface area contributed by atoms with Crippen LogP contribution in [0.4, 0.5) is 4.39 Å². The zero-order chi connectivity index (χ0) is 6.69. The molecule has 0 radical (unpaired) electrons. The van der Waals surface area contributed by atoms with Crippen LogP contribution in [0, 0.1) is 5.95 Å². The van der Waals surface area contributed by atoms with E-state index in [4.69, 9.17) is 0 Å². The second-order valence-corrected chi connectivity index (χ2v) is 2.07. The van der Waals surface area contributed by atoms with Gasteiger partial charge in [0.15, 0.2) is 0 Å². The monoisotopic (exact) mass is 143 g/mol. The Kier molecular flexibility index (Phi) is 2.12. The lowest BCUT2D eigenvalue weighted by atomic mass is 10.3. The highest BCUT2D eigenvalue weighted by Gasteiger charge is 1.95. The maximum absolute atomic E-state index is 12.5. The first-order valence-corrected chi connectivity index (χ1v) is 3.45. The predicted molar refractivity (Wildman–Crippen MR) is 37.6 cm³/mol. The van der Waals surface area contributed by atoms with Crippen LogP contribution in [0.5, 0.6) is 0 Å². The lowest BCUT2D eigenvalue weighted by Gasteiger charge is -1.93. The molecule has 1 heterocycles. The maximum Gasteiger partial charge on any atom is 0.216 e. The molecule has 0 spiro atoms. The van der Waals surface area contributed by atoms with Gasteiger partial charge >= 0.3 is 0 Å². The Morgan fingerprint density at radius 1 is 1.67 bits per heavy atom. The summed E-state index contributed by atoms with van der Waals surface area (Å²) in [4.78, 5) is 3.47. The van der Waals surface area contributed by atoms with Crippen LogP contribution in [0.25, 0.3) is 0 Å². The molecule has 0 amide bonds. The fraction of sp³-hybridized carbons (Fsp3) is 0.167. The van der Waals surface area contributed by atoms with E-state index in [0.717, 1.165) is 0 Å². The fourth-order valence-corrected chi connectivity index (χ4v) is 0.876. The SMILES string of the molecule is Fc1ncccc1CP. The normalized spacial score (nSPS) is 9.56. The minimum atomic E-state index is -0.368. The third-order valence-corrected chi connectivity index (χ3v) is 1.50. The summed E-state index contributed by atoms with van der Waals surface area (Å²) in [5, 5.41) is 0. The highest BCUT2D eigenvalue weighted by atomic mass is 31.0. The standard InChI is InChI=1S/C6H7FNP/c7-6-5(4-9)2-1-3-8-6/h1-3H,4,9H2. The van der Waals surface area contributed by atoms with Gasteiger partial charge < -0.3 is 0 Å². The second-order valence-electron chi connectivity index (χ2n) is 1.66. The van der Waals surface area contributed by atoms with Gasteiger partial charge in [0.25, 0.3) is 0 Å². The first-order chi connectivity index (χ1) is 4.34. The quantitative estimate of drug-likeness (QED) is 0.429. The van der Waals surface area contributed by atoms with Crippen molar-refractivity contribution in [3.05, 3.63) is 29.8 Å². The molecule has 1 aromatic heterocycles. The lowest BCUT2D eigenvalue weighted by Crippen LogP contribution is -1.87. The number of halogens is 1. The van der Waals surface area contributed by atoms with Crippen molar-refractivity contribution in [3.63, 3.8) is 0 Å². The van der Waals surface area contributed by atoms with Crippen molar-refractivity contribution in [1.29, 1.82) is 0 Å². The van der Waals surface area contributed by atoms with Crippen molar-refractivity contribution < 1.29 is 4.39 Å². The lowest BCUT2D eigenvalue weighted by molar-refractivity contribution is 0.573. The number of pyridine rings is 1. The average molecular weight is 143 g/mol. The van der Waals surface area contributed by atoms with Crippen LogP contribution < -0.4 is 0 Å². The summed E-state index contributed by atoms with van der Waals surface area (Å²) in [5.41, 5.74) is 0.641. The Bertz CT molecular complexity index is 202. The van der Waals surface area contributed by atoms with Gasteiger partial charge in [0.2, 0.25) is 5.95 Å². The van der Waals surface area contributed by atoms with E-state index in [0.29, 0.717) is 11.7 Å². The van der Waals surface area contributed by atoms with Crippen LogP contribution in [-0.4, -0.2) is 4.98 Å². The van der Waals surface area contributed by atoms with Gasteiger partial charge in [0, 0.05) is 11.8 Å². The van der Waals surface area contributed by atoms with E-state index < -0.39 is 0 Å². The molecule has 48 valence electrons. The van der Waals surface area contributed by atoms with Gasteiger partial charge in [-0.3, -0.25) is 0 Å². The Morgan fingerprint density at radius 2 is 2.44 bits per heavy atom. The molecule has 0 aromatic carbocycles. The predicted octanol–water partition coefficient (Wildman–Crippen LogP) is 1.60. The molecular weight excluding hydrogens is 136 g/mol. The molecule has 1 atom stereocenters. The van der Waals surface area contributed by atoms with E-state index in [-0.39, 0.29) is 5.95 Å². The summed E-state index contributed by atoms with van der Waals surface area (Å²) < 4.78 is 12.5. The third kappa shape index (κ3) is 1.46.